The van der Waals surface area contributed by atoms with Crippen LogP contribution in [0.3, 0.4) is 0 Å². The van der Waals surface area contributed by atoms with E-state index < -0.39 is 0 Å². The second kappa shape index (κ2) is 9.66. The Balaban J connectivity index is 1.15. The lowest BCUT2D eigenvalue weighted by molar-refractivity contribution is 0.198. The van der Waals surface area contributed by atoms with E-state index in [9.17, 15) is 0 Å². The summed E-state index contributed by atoms with van der Waals surface area (Å²) in [6.45, 7) is 5.70. The van der Waals surface area contributed by atoms with Crippen LogP contribution in [-0.2, 0) is 25.7 Å². The van der Waals surface area contributed by atoms with Crippen LogP contribution in [-0.4, -0.2) is 40.5 Å². The fourth-order valence-corrected chi connectivity index (χ4v) is 6.66. The predicted octanol–water partition coefficient (Wildman–Crippen LogP) is 5.64. The van der Waals surface area contributed by atoms with E-state index in [1.807, 2.05) is 11.3 Å². The minimum Gasteiger partial charge on any atom is -0.369 e. The number of nitrogens with one attached hydrogen (secondary N) is 1. The van der Waals surface area contributed by atoms with Gasteiger partial charge in [-0.1, -0.05) is 31.2 Å². The van der Waals surface area contributed by atoms with Gasteiger partial charge in [0.1, 0.15) is 17.0 Å². The Bertz CT molecular complexity index is 1000. The molecule has 4 nitrogen and oxygen atoms in total. The molecule has 0 unspecified atom stereocenters. The minimum atomic E-state index is 0.684. The Morgan fingerprint density at radius 3 is 2.65 bits per heavy atom. The number of unbranched alkanes of at least 4 members (excludes halogenated alkanes) is 1. The highest BCUT2D eigenvalue weighted by Gasteiger charge is 2.25. The van der Waals surface area contributed by atoms with Crippen LogP contribution >= 0.6 is 11.3 Å². The van der Waals surface area contributed by atoms with Crippen molar-refractivity contribution in [1.82, 2.24) is 14.9 Å². The van der Waals surface area contributed by atoms with Crippen molar-refractivity contribution in [3.05, 3.63) is 52.2 Å². The van der Waals surface area contributed by atoms with Crippen LogP contribution in [0.2, 0.25) is 0 Å². The average molecular weight is 435 g/mol. The van der Waals surface area contributed by atoms with Crippen LogP contribution in [0.15, 0.2) is 30.6 Å². The first-order valence-corrected chi connectivity index (χ1v) is 12.9. The third-order valence-electron chi connectivity index (χ3n) is 6.97. The normalized spacial score (nSPS) is 16.1. The Morgan fingerprint density at radius 1 is 1.03 bits per heavy atom. The van der Waals surface area contributed by atoms with Crippen molar-refractivity contribution in [3.63, 3.8) is 0 Å². The molecule has 164 valence electrons. The summed E-state index contributed by atoms with van der Waals surface area (Å²) >= 11 is 1.88. The highest BCUT2D eigenvalue weighted by Crippen LogP contribution is 2.38. The molecular weight excluding hydrogens is 400 g/mol. The van der Waals surface area contributed by atoms with Gasteiger partial charge in [-0.25, -0.2) is 9.97 Å². The Kier molecular flexibility index (Phi) is 6.51. The molecule has 5 heteroatoms. The first-order valence-electron chi connectivity index (χ1n) is 12.1. The Hall–Kier alpha value is -1.98. The molecule has 31 heavy (non-hydrogen) atoms. The number of fused-ring (bicyclic) bond motifs is 4. The lowest BCUT2D eigenvalue weighted by Gasteiger charge is -2.28. The highest BCUT2D eigenvalue weighted by atomic mass is 32.1. The van der Waals surface area contributed by atoms with E-state index >= 15 is 0 Å². The number of benzene rings is 1. The van der Waals surface area contributed by atoms with Crippen molar-refractivity contribution in [2.24, 2.45) is 0 Å². The Morgan fingerprint density at radius 2 is 1.84 bits per heavy atom. The second-order valence-electron chi connectivity index (χ2n) is 9.11. The van der Waals surface area contributed by atoms with Gasteiger partial charge in [0.25, 0.3) is 0 Å². The zero-order valence-electron chi connectivity index (χ0n) is 18.7. The van der Waals surface area contributed by atoms with Gasteiger partial charge in [-0.05, 0) is 87.6 Å². The van der Waals surface area contributed by atoms with Crippen molar-refractivity contribution < 1.29 is 0 Å². The van der Waals surface area contributed by atoms with E-state index in [4.69, 9.17) is 0 Å². The molecule has 0 saturated carbocycles. The van der Waals surface area contributed by atoms with Gasteiger partial charge in [0, 0.05) is 17.5 Å². The van der Waals surface area contributed by atoms with E-state index in [2.05, 4.69) is 51.4 Å². The SMILES string of the molecule is CCCN(CCCCNc1ncnc2sc3c(c12)CCCC3)C1Cc2ccccc2C1. The summed E-state index contributed by atoms with van der Waals surface area (Å²) in [5, 5.41) is 4.95. The molecule has 0 spiro atoms. The van der Waals surface area contributed by atoms with Gasteiger partial charge < -0.3 is 5.32 Å². The van der Waals surface area contributed by atoms with Gasteiger partial charge >= 0.3 is 0 Å². The van der Waals surface area contributed by atoms with E-state index in [0.29, 0.717) is 6.04 Å². The van der Waals surface area contributed by atoms with Crippen molar-refractivity contribution in [2.45, 2.75) is 70.8 Å². The van der Waals surface area contributed by atoms with Gasteiger partial charge in [0.05, 0.1) is 5.39 Å². The van der Waals surface area contributed by atoms with Gasteiger partial charge in [0.2, 0.25) is 0 Å². The van der Waals surface area contributed by atoms with E-state index in [1.165, 1.54) is 91.5 Å². The third-order valence-corrected chi connectivity index (χ3v) is 8.17. The summed E-state index contributed by atoms with van der Waals surface area (Å²) in [5.41, 5.74) is 4.63. The van der Waals surface area contributed by atoms with Crippen LogP contribution in [0.1, 0.15) is 60.6 Å². The molecule has 2 heterocycles. The molecule has 0 fully saturated rings. The Labute approximate surface area is 190 Å². The maximum absolute atomic E-state index is 4.61. The summed E-state index contributed by atoms with van der Waals surface area (Å²) in [6, 6.07) is 9.69. The van der Waals surface area contributed by atoms with E-state index in [1.54, 1.807) is 17.5 Å². The first kappa shape index (κ1) is 20.9. The number of anilines is 1. The summed E-state index contributed by atoms with van der Waals surface area (Å²) in [7, 11) is 0. The summed E-state index contributed by atoms with van der Waals surface area (Å²) < 4.78 is 0. The number of rotatable bonds is 9. The van der Waals surface area contributed by atoms with E-state index in [0.717, 1.165) is 12.4 Å². The zero-order valence-corrected chi connectivity index (χ0v) is 19.5. The zero-order chi connectivity index (χ0) is 21.0. The van der Waals surface area contributed by atoms with Crippen molar-refractivity contribution in [2.75, 3.05) is 25.0 Å². The molecular formula is C26H34N4S. The molecule has 0 aliphatic heterocycles. The number of aryl methyl sites for hydroxylation is 2. The van der Waals surface area contributed by atoms with Gasteiger partial charge in [-0.2, -0.15) is 0 Å². The molecule has 0 atom stereocenters. The summed E-state index contributed by atoms with van der Waals surface area (Å²) in [6.07, 6.45) is 12.8. The third kappa shape index (κ3) is 4.49. The molecule has 2 aliphatic rings. The maximum Gasteiger partial charge on any atom is 0.138 e. The number of hydrogen-bond donors (Lipinski definition) is 1. The van der Waals surface area contributed by atoms with E-state index in [-0.39, 0.29) is 0 Å². The number of nitrogens with zero attached hydrogens (tertiary/aromatic N) is 3. The highest BCUT2D eigenvalue weighted by molar-refractivity contribution is 7.19. The van der Waals surface area contributed by atoms with Crippen LogP contribution in [0.4, 0.5) is 5.82 Å². The maximum atomic E-state index is 4.61. The molecule has 1 aromatic carbocycles. The molecule has 0 radical (unpaired) electrons. The quantitative estimate of drug-likeness (QED) is 0.442. The standard InChI is InChI=1S/C26H34N4S/c1-2-14-30(21-16-19-9-3-4-10-20(19)17-21)15-8-7-13-27-25-24-22-11-5-6-12-23(22)31-26(24)29-18-28-25/h3-4,9-10,18,21H,2,5-8,11-17H2,1H3,(H,27,28,29). The summed E-state index contributed by atoms with van der Waals surface area (Å²) in [5.74, 6) is 1.06. The molecule has 0 amide bonds. The van der Waals surface area contributed by atoms with Crippen LogP contribution in [0.25, 0.3) is 10.2 Å². The summed E-state index contributed by atoms with van der Waals surface area (Å²) in [4.78, 5) is 14.6. The fraction of sp³-hybridized carbons (Fsp3) is 0.538. The predicted molar refractivity (Wildman–Crippen MR) is 131 cm³/mol. The van der Waals surface area contributed by atoms with Crippen molar-refractivity contribution in [3.8, 4) is 0 Å². The van der Waals surface area contributed by atoms with Crippen LogP contribution < -0.4 is 5.32 Å². The lowest BCUT2D eigenvalue weighted by Crippen LogP contribution is -2.37. The van der Waals surface area contributed by atoms with Crippen LogP contribution in [0.5, 0.6) is 0 Å². The molecule has 3 aromatic rings. The monoisotopic (exact) mass is 434 g/mol. The topological polar surface area (TPSA) is 41.0 Å². The van der Waals surface area contributed by atoms with Gasteiger partial charge in [0.15, 0.2) is 0 Å². The van der Waals surface area contributed by atoms with Crippen molar-refractivity contribution in [1.29, 1.82) is 0 Å². The molecule has 0 saturated heterocycles. The van der Waals surface area contributed by atoms with Crippen molar-refractivity contribution >= 4 is 27.4 Å². The van der Waals surface area contributed by atoms with Gasteiger partial charge in [-0.15, -0.1) is 11.3 Å². The first-order chi connectivity index (χ1) is 15.3. The molecule has 0 bridgehead atoms. The number of thiophene rings is 1. The van der Waals surface area contributed by atoms with Crippen LogP contribution in [0, 0.1) is 0 Å². The second-order valence-corrected chi connectivity index (χ2v) is 10.2. The fourth-order valence-electron chi connectivity index (χ4n) is 5.43. The molecule has 1 N–H and O–H groups in total. The lowest BCUT2D eigenvalue weighted by atomic mass is 9.97. The number of hydrogen-bond acceptors (Lipinski definition) is 5. The molecule has 2 aromatic heterocycles. The molecule has 5 rings (SSSR count). The minimum absolute atomic E-state index is 0.684. The average Bonchev–Trinajstić information content (AvgIpc) is 3.40. The smallest absolute Gasteiger partial charge is 0.138 e. The molecule has 2 aliphatic carbocycles. The number of aromatic nitrogens is 2. The van der Waals surface area contributed by atoms with Gasteiger partial charge in [-0.3, -0.25) is 4.90 Å². The largest absolute Gasteiger partial charge is 0.369 e.